The maximum atomic E-state index is 12.8. The van der Waals surface area contributed by atoms with Crippen LogP contribution in [0.4, 0.5) is 0 Å². The van der Waals surface area contributed by atoms with Crippen molar-refractivity contribution in [3.05, 3.63) is 21.6 Å². The van der Waals surface area contributed by atoms with Crippen molar-refractivity contribution >= 4 is 17.7 Å². The summed E-state index contributed by atoms with van der Waals surface area (Å²) < 4.78 is 7.29. The number of fused-ring (bicyclic) bond motifs is 2. The lowest BCUT2D eigenvalue weighted by Crippen LogP contribution is -2.36. The highest BCUT2D eigenvalue weighted by Crippen LogP contribution is 2.33. The first kappa shape index (κ1) is 16.1. The van der Waals surface area contributed by atoms with E-state index in [4.69, 9.17) is 9.72 Å². The molecule has 1 aromatic rings. The summed E-state index contributed by atoms with van der Waals surface area (Å²) in [7, 11) is 0. The molecule has 130 valence electrons. The zero-order valence-electron chi connectivity index (χ0n) is 13.8. The molecular weight excluding hydrogens is 326 g/mol. The van der Waals surface area contributed by atoms with Gasteiger partial charge in [-0.15, -0.1) is 0 Å². The number of amides is 1. The fourth-order valence-corrected chi connectivity index (χ4v) is 4.94. The van der Waals surface area contributed by atoms with Crippen LogP contribution in [0.25, 0.3) is 0 Å². The van der Waals surface area contributed by atoms with Crippen LogP contribution in [-0.4, -0.2) is 40.5 Å². The molecule has 2 aliphatic heterocycles. The topological polar surface area (TPSA) is 73.2 Å². The van der Waals surface area contributed by atoms with E-state index in [9.17, 15) is 9.59 Å². The third-order valence-electron chi connectivity index (χ3n) is 5.09. The Bertz CT molecular complexity index is 697. The molecule has 1 saturated heterocycles. The van der Waals surface area contributed by atoms with Crippen molar-refractivity contribution in [2.45, 2.75) is 62.2 Å². The van der Waals surface area contributed by atoms with E-state index in [0.717, 1.165) is 67.3 Å². The van der Waals surface area contributed by atoms with Gasteiger partial charge >= 0.3 is 0 Å². The predicted molar refractivity (Wildman–Crippen MR) is 91.5 cm³/mol. The second-order valence-electron chi connectivity index (χ2n) is 6.81. The summed E-state index contributed by atoms with van der Waals surface area (Å²) in [6, 6.07) is -0.0817. The van der Waals surface area contributed by atoms with Crippen molar-refractivity contribution < 1.29 is 9.53 Å². The van der Waals surface area contributed by atoms with Gasteiger partial charge in [0.25, 0.3) is 5.56 Å². The summed E-state index contributed by atoms with van der Waals surface area (Å²) in [4.78, 5) is 29.8. The lowest BCUT2D eigenvalue weighted by atomic mass is 9.97. The monoisotopic (exact) mass is 349 g/mol. The predicted octanol–water partition coefficient (Wildman–Crippen LogP) is 1.45. The molecule has 1 aliphatic carbocycles. The van der Waals surface area contributed by atoms with Crippen molar-refractivity contribution in [1.29, 1.82) is 0 Å². The van der Waals surface area contributed by atoms with Gasteiger partial charge in [0, 0.05) is 30.9 Å². The summed E-state index contributed by atoms with van der Waals surface area (Å²) in [5, 5.41) is 3.74. The fraction of sp³-hybridized carbons (Fsp3) is 0.706. The molecule has 4 rings (SSSR count). The maximum absolute atomic E-state index is 12.8. The molecule has 3 heterocycles. The Morgan fingerprint density at radius 2 is 2.21 bits per heavy atom. The second-order valence-corrected chi connectivity index (χ2v) is 7.80. The Hall–Kier alpha value is -1.34. The van der Waals surface area contributed by atoms with Crippen LogP contribution in [0, 0.1) is 0 Å². The third-order valence-corrected chi connectivity index (χ3v) is 6.19. The highest BCUT2D eigenvalue weighted by atomic mass is 32.2. The maximum Gasteiger partial charge on any atom is 0.257 e. The summed E-state index contributed by atoms with van der Waals surface area (Å²) in [6.07, 6.45) is 6.47. The second kappa shape index (κ2) is 6.88. The first-order chi connectivity index (χ1) is 11.7. The molecule has 1 amide bonds. The van der Waals surface area contributed by atoms with Crippen LogP contribution in [0.15, 0.2) is 9.95 Å². The number of nitrogens with one attached hydrogen (secondary N) is 1. The highest BCUT2D eigenvalue weighted by molar-refractivity contribution is 7.99. The molecule has 0 saturated carbocycles. The van der Waals surface area contributed by atoms with Gasteiger partial charge in [0.2, 0.25) is 5.91 Å². The van der Waals surface area contributed by atoms with E-state index in [1.54, 1.807) is 16.3 Å². The Morgan fingerprint density at radius 1 is 1.33 bits per heavy atom. The van der Waals surface area contributed by atoms with Gasteiger partial charge < -0.3 is 10.1 Å². The number of thioether (sulfide) groups is 1. The molecule has 7 heteroatoms. The van der Waals surface area contributed by atoms with Gasteiger partial charge in [-0.3, -0.25) is 14.2 Å². The average molecular weight is 349 g/mol. The van der Waals surface area contributed by atoms with Crippen LogP contribution in [0.2, 0.25) is 0 Å². The fourth-order valence-electron chi connectivity index (χ4n) is 3.78. The van der Waals surface area contributed by atoms with Crippen LogP contribution < -0.4 is 10.9 Å². The van der Waals surface area contributed by atoms with Crippen LogP contribution in [0.3, 0.4) is 0 Å². The van der Waals surface area contributed by atoms with Crippen molar-refractivity contribution in [2.75, 3.05) is 18.9 Å². The van der Waals surface area contributed by atoms with Crippen LogP contribution in [0.5, 0.6) is 0 Å². The number of hydrogen-bond donors (Lipinski definition) is 1. The third kappa shape index (κ3) is 3.11. The van der Waals surface area contributed by atoms with Gasteiger partial charge in [-0.1, -0.05) is 11.8 Å². The molecule has 0 spiro atoms. The number of aryl methyl sites for hydroxylation is 1. The average Bonchev–Trinajstić information content (AvgIpc) is 3.23. The van der Waals surface area contributed by atoms with Crippen molar-refractivity contribution in [2.24, 2.45) is 0 Å². The number of ether oxygens (including phenoxy) is 1. The SMILES string of the molecule is O=C(C[C@H]1CSc2nc3c(c(=O)n21)CCCC3)NC[C@H]1CCCO1. The number of hydrogen-bond acceptors (Lipinski definition) is 5. The van der Waals surface area contributed by atoms with E-state index < -0.39 is 0 Å². The van der Waals surface area contributed by atoms with Gasteiger partial charge in [0.1, 0.15) is 0 Å². The van der Waals surface area contributed by atoms with E-state index in [0.29, 0.717) is 13.0 Å². The van der Waals surface area contributed by atoms with Crippen LogP contribution >= 0.6 is 11.8 Å². The molecule has 0 radical (unpaired) electrons. The summed E-state index contributed by atoms with van der Waals surface area (Å²) in [5.41, 5.74) is 1.93. The Balaban J connectivity index is 1.45. The molecule has 0 aromatic carbocycles. The quantitative estimate of drug-likeness (QED) is 0.833. The van der Waals surface area contributed by atoms with Crippen molar-refractivity contribution in [3.63, 3.8) is 0 Å². The molecule has 1 N–H and O–H groups in total. The van der Waals surface area contributed by atoms with Gasteiger partial charge in [-0.05, 0) is 38.5 Å². The normalized spacial score (nSPS) is 25.3. The Labute approximate surface area is 145 Å². The molecule has 0 bridgehead atoms. The number of carbonyl (C=O) groups is 1. The standard InChI is InChI=1S/C17H23N3O3S/c21-15(18-9-12-4-3-7-23-12)8-11-10-24-17-19-14-6-2-1-5-13(14)16(22)20(11)17/h11-12H,1-10H2,(H,18,21)/t11-,12+/m0/s1. The molecular formula is C17H23N3O3S. The van der Waals surface area contributed by atoms with E-state index in [-0.39, 0.29) is 23.6 Å². The first-order valence-electron chi connectivity index (χ1n) is 8.88. The first-order valence-corrected chi connectivity index (χ1v) is 9.86. The largest absolute Gasteiger partial charge is 0.376 e. The number of nitrogens with zero attached hydrogens (tertiary/aromatic N) is 2. The minimum Gasteiger partial charge on any atom is -0.376 e. The zero-order chi connectivity index (χ0) is 16.5. The van der Waals surface area contributed by atoms with Crippen molar-refractivity contribution in [3.8, 4) is 0 Å². The molecule has 6 nitrogen and oxygen atoms in total. The molecule has 1 aromatic heterocycles. The van der Waals surface area contributed by atoms with Gasteiger partial charge in [0.05, 0.1) is 17.8 Å². The number of carbonyl (C=O) groups excluding carboxylic acids is 1. The van der Waals surface area contributed by atoms with Gasteiger partial charge in [-0.2, -0.15) is 0 Å². The lowest BCUT2D eigenvalue weighted by molar-refractivity contribution is -0.122. The number of rotatable bonds is 4. The van der Waals surface area contributed by atoms with E-state index in [2.05, 4.69) is 5.32 Å². The lowest BCUT2D eigenvalue weighted by Gasteiger charge is -2.19. The smallest absolute Gasteiger partial charge is 0.257 e. The molecule has 2 atom stereocenters. The van der Waals surface area contributed by atoms with E-state index in [1.165, 1.54) is 0 Å². The summed E-state index contributed by atoms with van der Waals surface area (Å²) in [5.74, 6) is 0.743. The van der Waals surface area contributed by atoms with Gasteiger partial charge in [-0.25, -0.2) is 4.98 Å². The van der Waals surface area contributed by atoms with Crippen LogP contribution in [0.1, 0.15) is 49.4 Å². The molecule has 24 heavy (non-hydrogen) atoms. The van der Waals surface area contributed by atoms with E-state index >= 15 is 0 Å². The minimum atomic E-state index is -0.0817. The molecule has 3 aliphatic rings. The Morgan fingerprint density at radius 3 is 3.04 bits per heavy atom. The number of aromatic nitrogens is 2. The molecule has 0 unspecified atom stereocenters. The Kier molecular flexibility index (Phi) is 4.63. The van der Waals surface area contributed by atoms with Crippen LogP contribution in [-0.2, 0) is 22.4 Å². The van der Waals surface area contributed by atoms with Gasteiger partial charge in [0.15, 0.2) is 5.16 Å². The molecule has 1 fully saturated rings. The summed E-state index contributed by atoms with van der Waals surface area (Å²) >= 11 is 1.60. The van der Waals surface area contributed by atoms with E-state index in [1.807, 2.05) is 0 Å². The van der Waals surface area contributed by atoms with Crippen molar-refractivity contribution in [1.82, 2.24) is 14.9 Å². The minimum absolute atomic E-state index is 0.00595. The zero-order valence-corrected chi connectivity index (χ0v) is 14.6. The summed E-state index contributed by atoms with van der Waals surface area (Å²) in [6.45, 7) is 1.36. The highest BCUT2D eigenvalue weighted by Gasteiger charge is 2.30.